The summed E-state index contributed by atoms with van der Waals surface area (Å²) in [6, 6.07) is 21.2. The third-order valence-corrected chi connectivity index (χ3v) is 3.70. The highest BCUT2D eigenvalue weighted by atomic mass is 15.2. The van der Waals surface area contributed by atoms with E-state index in [4.69, 9.17) is 5.41 Å². The molecule has 1 aliphatic rings. The monoisotopic (exact) mass is 250 g/mol. The van der Waals surface area contributed by atoms with Crippen LogP contribution in [0.4, 0.5) is 0 Å². The van der Waals surface area contributed by atoms with Gasteiger partial charge in [0.15, 0.2) is 0 Å². The number of hydrogen-bond donors (Lipinski definition) is 1. The number of amidine groups is 1. The summed E-state index contributed by atoms with van der Waals surface area (Å²) in [4.78, 5) is 2.23. The van der Waals surface area contributed by atoms with Crippen LogP contribution in [0.15, 0.2) is 60.7 Å². The molecule has 0 saturated carbocycles. The van der Waals surface area contributed by atoms with Gasteiger partial charge in [0.2, 0.25) is 0 Å². The maximum absolute atomic E-state index is 8.16. The van der Waals surface area contributed by atoms with Crippen molar-refractivity contribution in [2.45, 2.75) is 18.9 Å². The maximum atomic E-state index is 8.16. The Hall–Kier alpha value is -2.09. The first-order valence-corrected chi connectivity index (χ1v) is 6.80. The molecule has 0 radical (unpaired) electrons. The Bertz CT molecular complexity index is 508. The molecule has 0 spiro atoms. The number of likely N-dealkylation sites (tertiary alicyclic amines) is 1. The second kappa shape index (κ2) is 5.27. The summed E-state index contributed by atoms with van der Waals surface area (Å²) in [5.74, 6) is 0.762. The van der Waals surface area contributed by atoms with Crippen molar-refractivity contribution in [1.29, 1.82) is 5.41 Å². The lowest BCUT2D eigenvalue weighted by molar-refractivity contribution is 0.384. The van der Waals surface area contributed by atoms with Crippen molar-refractivity contribution in [3.8, 4) is 0 Å². The minimum atomic E-state index is 0.178. The minimum Gasteiger partial charge on any atom is -0.349 e. The Kier molecular flexibility index (Phi) is 3.32. The maximum Gasteiger partial charge on any atom is 0.0966 e. The molecule has 96 valence electrons. The van der Waals surface area contributed by atoms with Crippen molar-refractivity contribution in [3.63, 3.8) is 0 Å². The minimum absolute atomic E-state index is 0.178. The van der Waals surface area contributed by atoms with Crippen molar-refractivity contribution in [2.75, 3.05) is 6.54 Å². The average molecular weight is 250 g/mol. The third-order valence-electron chi connectivity index (χ3n) is 3.70. The van der Waals surface area contributed by atoms with Crippen LogP contribution in [0.1, 0.15) is 30.0 Å². The zero-order valence-corrected chi connectivity index (χ0v) is 10.9. The number of benzene rings is 2. The molecule has 0 aromatic heterocycles. The SMILES string of the molecule is N=C1CCCN1C(c1ccccc1)c1ccccc1. The lowest BCUT2D eigenvalue weighted by Crippen LogP contribution is -2.30. The van der Waals surface area contributed by atoms with Gasteiger partial charge in [-0.1, -0.05) is 60.7 Å². The van der Waals surface area contributed by atoms with Gasteiger partial charge in [-0.25, -0.2) is 0 Å². The molecule has 0 atom stereocenters. The fourth-order valence-electron chi connectivity index (χ4n) is 2.80. The highest BCUT2D eigenvalue weighted by Gasteiger charge is 2.27. The summed E-state index contributed by atoms with van der Waals surface area (Å²) in [5, 5.41) is 8.16. The van der Waals surface area contributed by atoms with E-state index in [2.05, 4.69) is 53.4 Å². The van der Waals surface area contributed by atoms with Gasteiger partial charge in [0.25, 0.3) is 0 Å². The summed E-state index contributed by atoms with van der Waals surface area (Å²) in [6.45, 7) is 0.979. The predicted molar refractivity (Wildman–Crippen MR) is 78.4 cm³/mol. The van der Waals surface area contributed by atoms with Crippen LogP contribution in [0.25, 0.3) is 0 Å². The van der Waals surface area contributed by atoms with Crippen LogP contribution in [0.3, 0.4) is 0 Å². The Morgan fingerprint density at radius 1 is 0.842 bits per heavy atom. The molecule has 19 heavy (non-hydrogen) atoms. The largest absolute Gasteiger partial charge is 0.349 e. The van der Waals surface area contributed by atoms with Crippen LogP contribution in [0.2, 0.25) is 0 Å². The van der Waals surface area contributed by atoms with Crippen molar-refractivity contribution < 1.29 is 0 Å². The van der Waals surface area contributed by atoms with E-state index in [-0.39, 0.29) is 6.04 Å². The van der Waals surface area contributed by atoms with Crippen molar-refractivity contribution in [1.82, 2.24) is 4.90 Å². The van der Waals surface area contributed by atoms with Crippen molar-refractivity contribution in [2.24, 2.45) is 0 Å². The first-order valence-electron chi connectivity index (χ1n) is 6.80. The second-order valence-electron chi connectivity index (χ2n) is 4.97. The summed E-state index contributed by atoms with van der Waals surface area (Å²) >= 11 is 0. The first kappa shape index (κ1) is 12.0. The smallest absolute Gasteiger partial charge is 0.0966 e. The van der Waals surface area contributed by atoms with E-state index in [1.165, 1.54) is 11.1 Å². The summed E-state index contributed by atoms with van der Waals surface area (Å²) < 4.78 is 0. The van der Waals surface area contributed by atoms with E-state index in [0.717, 1.165) is 25.2 Å². The Labute approximate surface area is 114 Å². The van der Waals surface area contributed by atoms with E-state index in [1.807, 2.05) is 12.1 Å². The van der Waals surface area contributed by atoms with Crippen molar-refractivity contribution in [3.05, 3.63) is 71.8 Å². The summed E-state index contributed by atoms with van der Waals surface area (Å²) in [7, 11) is 0. The molecule has 1 N–H and O–H groups in total. The van der Waals surface area contributed by atoms with Gasteiger partial charge in [0.1, 0.15) is 0 Å². The normalized spacial score (nSPS) is 15.2. The van der Waals surface area contributed by atoms with Crippen LogP contribution in [-0.4, -0.2) is 17.3 Å². The number of rotatable bonds is 3. The molecule has 1 heterocycles. The molecule has 1 aliphatic heterocycles. The van der Waals surface area contributed by atoms with Crippen LogP contribution >= 0.6 is 0 Å². The fraction of sp³-hybridized carbons (Fsp3) is 0.235. The van der Waals surface area contributed by atoms with Crippen molar-refractivity contribution >= 4 is 5.84 Å². The second-order valence-corrected chi connectivity index (χ2v) is 4.97. The van der Waals surface area contributed by atoms with Gasteiger partial charge in [-0.3, -0.25) is 5.41 Å². The van der Waals surface area contributed by atoms with E-state index in [9.17, 15) is 0 Å². The Morgan fingerprint density at radius 3 is 1.79 bits per heavy atom. The number of hydrogen-bond acceptors (Lipinski definition) is 1. The van der Waals surface area contributed by atoms with E-state index >= 15 is 0 Å². The highest BCUT2D eigenvalue weighted by Crippen LogP contribution is 2.31. The average Bonchev–Trinajstić information content (AvgIpc) is 2.88. The quantitative estimate of drug-likeness (QED) is 0.880. The molecule has 0 aliphatic carbocycles. The highest BCUT2D eigenvalue weighted by molar-refractivity contribution is 5.81. The molecule has 1 saturated heterocycles. The van der Waals surface area contributed by atoms with E-state index in [1.54, 1.807) is 0 Å². The fourth-order valence-corrected chi connectivity index (χ4v) is 2.80. The van der Waals surface area contributed by atoms with E-state index in [0.29, 0.717) is 0 Å². The Balaban J connectivity index is 2.03. The molecular weight excluding hydrogens is 232 g/mol. The summed E-state index contributed by atoms with van der Waals surface area (Å²) in [5.41, 5.74) is 2.53. The number of nitrogens with one attached hydrogen (secondary N) is 1. The number of nitrogens with zero attached hydrogens (tertiary/aromatic N) is 1. The van der Waals surface area contributed by atoms with Crippen LogP contribution < -0.4 is 0 Å². The lowest BCUT2D eigenvalue weighted by Gasteiger charge is -2.30. The molecular formula is C17H18N2. The standard InChI is InChI=1S/C17H18N2/c18-16-12-7-13-19(16)17(14-8-3-1-4-9-14)15-10-5-2-6-11-15/h1-6,8-11,17-18H,7,12-13H2. The first-order chi connectivity index (χ1) is 9.36. The van der Waals surface area contributed by atoms with E-state index < -0.39 is 0 Å². The van der Waals surface area contributed by atoms with Gasteiger partial charge in [-0.2, -0.15) is 0 Å². The lowest BCUT2D eigenvalue weighted by atomic mass is 9.97. The van der Waals surface area contributed by atoms with Gasteiger partial charge < -0.3 is 4.90 Å². The van der Waals surface area contributed by atoms with Crippen LogP contribution in [0.5, 0.6) is 0 Å². The molecule has 2 aromatic carbocycles. The molecule has 3 rings (SSSR count). The van der Waals surface area contributed by atoms with Crippen LogP contribution in [0, 0.1) is 5.41 Å². The third kappa shape index (κ3) is 2.39. The molecule has 2 aromatic rings. The molecule has 2 heteroatoms. The molecule has 0 amide bonds. The molecule has 0 bridgehead atoms. The van der Waals surface area contributed by atoms with Gasteiger partial charge in [-0.05, 0) is 17.5 Å². The topological polar surface area (TPSA) is 27.1 Å². The zero-order valence-electron chi connectivity index (χ0n) is 10.9. The summed E-state index contributed by atoms with van der Waals surface area (Å²) in [6.07, 6.45) is 1.99. The zero-order chi connectivity index (χ0) is 13.1. The van der Waals surface area contributed by atoms with Gasteiger partial charge in [0, 0.05) is 13.0 Å². The van der Waals surface area contributed by atoms with Crippen LogP contribution in [-0.2, 0) is 0 Å². The van der Waals surface area contributed by atoms with Gasteiger partial charge in [-0.15, -0.1) is 0 Å². The molecule has 0 unspecified atom stereocenters. The molecule has 1 fully saturated rings. The van der Waals surface area contributed by atoms with Gasteiger partial charge in [0.05, 0.1) is 11.9 Å². The Morgan fingerprint density at radius 2 is 1.37 bits per heavy atom. The molecule has 2 nitrogen and oxygen atoms in total. The predicted octanol–water partition coefficient (Wildman–Crippen LogP) is 3.85. The van der Waals surface area contributed by atoms with Gasteiger partial charge >= 0.3 is 0 Å².